The quantitative estimate of drug-likeness (QED) is 0.354. The van der Waals surface area contributed by atoms with E-state index in [1.54, 1.807) is 0 Å². The van der Waals surface area contributed by atoms with Crippen molar-refractivity contribution >= 4 is 41.5 Å². The number of imidazole rings is 1. The number of amides is 1. The molecule has 150 valence electrons. The summed E-state index contributed by atoms with van der Waals surface area (Å²) in [5, 5.41) is 15.1. The third-order valence-corrected chi connectivity index (χ3v) is 4.05. The molecule has 7 nitrogen and oxygen atoms in total. The molecule has 3 aromatic rings. The Morgan fingerprint density at radius 3 is 2.43 bits per heavy atom. The van der Waals surface area contributed by atoms with Gasteiger partial charge in [0.05, 0.1) is 21.4 Å². The van der Waals surface area contributed by atoms with E-state index in [1.165, 1.54) is 46.7 Å². The van der Waals surface area contributed by atoms with Crippen LogP contribution in [-0.2, 0) is 0 Å². The highest BCUT2D eigenvalue weighted by molar-refractivity contribution is 6.31. The van der Waals surface area contributed by atoms with E-state index in [-0.39, 0.29) is 39.5 Å². The molecular formula is C16H13Cl3F2N4O3. The Kier molecular flexibility index (Phi) is 8.76. The van der Waals surface area contributed by atoms with Gasteiger partial charge in [-0.3, -0.25) is 14.6 Å². The van der Waals surface area contributed by atoms with E-state index in [2.05, 4.69) is 10.9 Å². The summed E-state index contributed by atoms with van der Waals surface area (Å²) in [6.45, 7) is 0. The fraction of sp³-hybridized carbons (Fsp3) is 0. The van der Waals surface area contributed by atoms with Crippen LogP contribution in [0.5, 0.6) is 0 Å². The van der Waals surface area contributed by atoms with Crippen LogP contribution in [-0.4, -0.2) is 25.9 Å². The highest BCUT2D eigenvalue weighted by Gasteiger charge is 2.22. The summed E-state index contributed by atoms with van der Waals surface area (Å²) >= 11 is 11.6. The second kappa shape index (κ2) is 10.3. The molecule has 3 rings (SSSR count). The molecule has 0 unspecified atom stereocenters. The number of nitrogens with two attached hydrogens (primary N) is 1. The van der Waals surface area contributed by atoms with Gasteiger partial charge in [-0.1, -0.05) is 29.3 Å². The van der Waals surface area contributed by atoms with Gasteiger partial charge in [-0.05, 0) is 30.3 Å². The van der Waals surface area contributed by atoms with Gasteiger partial charge in [0.25, 0.3) is 5.91 Å². The lowest BCUT2D eigenvalue weighted by Crippen LogP contribution is -2.20. The normalized spacial score (nSPS) is 9.82. The van der Waals surface area contributed by atoms with Gasteiger partial charge in [0.1, 0.15) is 12.1 Å². The van der Waals surface area contributed by atoms with Crippen LogP contribution in [0, 0.1) is 11.6 Å². The number of hydrogen-bond donors (Lipinski definition) is 4. The molecule has 0 radical (unpaired) electrons. The lowest BCUT2D eigenvalue weighted by atomic mass is 10.1. The Labute approximate surface area is 173 Å². The monoisotopic (exact) mass is 452 g/mol. The lowest BCUT2D eigenvalue weighted by molar-refractivity contribution is 0.0702. The summed E-state index contributed by atoms with van der Waals surface area (Å²) in [7, 11) is 0. The fourth-order valence-corrected chi connectivity index (χ4v) is 2.70. The summed E-state index contributed by atoms with van der Waals surface area (Å²) in [6.07, 6.45) is 1.19. The molecule has 0 aliphatic rings. The molecule has 12 heteroatoms. The number of halogens is 5. The number of carbonyl (C=O) groups is 1. The molecule has 0 aliphatic carbocycles. The summed E-state index contributed by atoms with van der Waals surface area (Å²) in [4.78, 5) is 15.8. The van der Waals surface area contributed by atoms with Crippen LogP contribution < -0.4 is 11.4 Å². The second-order valence-corrected chi connectivity index (χ2v) is 5.77. The Morgan fingerprint density at radius 1 is 1.14 bits per heavy atom. The first-order valence-electron chi connectivity index (χ1n) is 7.11. The zero-order valence-electron chi connectivity index (χ0n) is 13.7. The van der Waals surface area contributed by atoms with Crippen LogP contribution in [0.1, 0.15) is 10.5 Å². The summed E-state index contributed by atoms with van der Waals surface area (Å²) in [5.74, 6) is 1.20. The minimum atomic E-state index is -0.920. The zero-order valence-corrected chi connectivity index (χ0v) is 16.1. The molecular weight excluding hydrogens is 441 g/mol. The number of nitrogens with zero attached hydrogens (tertiary/aromatic N) is 2. The molecule has 1 aromatic heterocycles. The van der Waals surface area contributed by atoms with Crippen molar-refractivity contribution in [1.29, 1.82) is 0 Å². The third-order valence-electron chi connectivity index (χ3n) is 3.47. The van der Waals surface area contributed by atoms with E-state index >= 15 is 0 Å². The molecule has 0 saturated carbocycles. The van der Waals surface area contributed by atoms with Crippen LogP contribution >= 0.6 is 35.6 Å². The van der Waals surface area contributed by atoms with E-state index in [0.717, 1.165) is 6.07 Å². The average molecular weight is 454 g/mol. The Hall–Kier alpha value is -2.27. The van der Waals surface area contributed by atoms with Crippen molar-refractivity contribution in [1.82, 2.24) is 15.0 Å². The van der Waals surface area contributed by atoms with Gasteiger partial charge in [-0.2, -0.15) is 0 Å². The molecule has 0 bridgehead atoms. The number of benzene rings is 2. The molecule has 0 atom stereocenters. The maximum Gasteiger partial charge on any atom is 0.295 e. The number of hydroxylamine groups is 1. The number of hydrogen-bond acceptors (Lipinski definition) is 5. The maximum atomic E-state index is 14.4. The Balaban J connectivity index is 0.00000127. The van der Waals surface area contributed by atoms with Crippen molar-refractivity contribution in [2.45, 2.75) is 0 Å². The molecule has 0 fully saturated rings. The largest absolute Gasteiger partial charge is 0.320 e. The molecule has 5 N–H and O–H groups in total. The van der Waals surface area contributed by atoms with Gasteiger partial charge in [-0.25, -0.2) is 25.1 Å². The van der Waals surface area contributed by atoms with Crippen LogP contribution in [0.3, 0.4) is 0 Å². The lowest BCUT2D eigenvalue weighted by Gasteiger charge is -2.12. The van der Waals surface area contributed by atoms with Crippen molar-refractivity contribution in [2.24, 2.45) is 5.90 Å². The first-order valence-corrected chi connectivity index (χ1v) is 7.87. The summed E-state index contributed by atoms with van der Waals surface area (Å²) < 4.78 is 29.1. The Morgan fingerprint density at radius 2 is 1.82 bits per heavy atom. The van der Waals surface area contributed by atoms with Gasteiger partial charge < -0.3 is 5.21 Å². The predicted octanol–water partition coefficient (Wildman–Crippen LogP) is 4.00. The van der Waals surface area contributed by atoms with E-state index in [0.29, 0.717) is 5.56 Å². The van der Waals surface area contributed by atoms with Crippen LogP contribution in [0.4, 0.5) is 8.78 Å². The summed E-state index contributed by atoms with van der Waals surface area (Å²) in [5.41, 5.74) is 1.68. The fourth-order valence-electron chi connectivity index (χ4n) is 2.35. The van der Waals surface area contributed by atoms with Crippen LogP contribution in [0.25, 0.3) is 16.9 Å². The molecule has 2 aromatic carbocycles. The zero-order chi connectivity index (χ0) is 20.1. The van der Waals surface area contributed by atoms with Gasteiger partial charge in [0.15, 0.2) is 11.5 Å². The van der Waals surface area contributed by atoms with Crippen LogP contribution in [0.15, 0.2) is 42.7 Å². The second-order valence-electron chi connectivity index (χ2n) is 4.95. The molecule has 1 amide bonds. The number of carbonyl (C=O) groups excluding carboxylic acids is 1. The molecule has 28 heavy (non-hydrogen) atoms. The number of aromatic nitrogens is 2. The highest BCUT2D eigenvalue weighted by Crippen LogP contribution is 2.31. The van der Waals surface area contributed by atoms with E-state index in [4.69, 9.17) is 33.6 Å². The van der Waals surface area contributed by atoms with E-state index in [1.807, 2.05) is 0 Å². The van der Waals surface area contributed by atoms with Crippen molar-refractivity contribution < 1.29 is 24.0 Å². The number of nitrogens with one attached hydrogen (secondary N) is 1. The first kappa shape index (κ1) is 23.8. The summed E-state index contributed by atoms with van der Waals surface area (Å²) in [6, 6.07) is 8.04. The van der Waals surface area contributed by atoms with Crippen molar-refractivity contribution in [3.8, 4) is 16.9 Å². The van der Waals surface area contributed by atoms with E-state index in [9.17, 15) is 13.6 Å². The van der Waals surface area contributed by atoms with Gasteiger partial charge in [0.2, 0.25) is 0 Å². The molecule has 0 aliphatic heterocycles. The SMILES string of the molecule is Cl.NO.O=C(NO)c1ncn(-c2cccc(Cl)c2F)c1-c1ccc(F)c(Cl)c1. The minimum Gasteiger partial charge on any atom is -0.320 e. The van der Waals surface area contributed by atoms with E-state index < -0.39 is 17.5 Å². The molecule has 0 spiro atoms. The molecule has 1 heterocycles. The molecule has 0 saturated heterocycles. The standard InChI is InChI=1S/C16H9Cl2F2N3O2.ClH.H3NO/c17-9-2-1-3-12(13(9)20)23-7-21-14(16(24)22-25)15(23)8-4-5-11(19)10(18)6-8;;1-2/h1-7,25H,(H,22,24);1H;2H,1H2. The first-order chi connectivity index (χ1) is 12.9. The predicted molar refractivity (Wildman–Crippen MR) is 101 cm³/mol. The van der Waals surface area contributed by atoms with Crippen molar-refractivity contribution in [3.05, 3.63) is 70.1 Å². The van der Waals surface area contributed by atoms with Crippen molar-refractivity contribution in [2.75, 3.05) is 0 Å². The smallest absolute Gasteiger partial charge is 0.295 e. The number of rotatable bonds is 3. The Bertz CT molecular complexity index is 986. The van der Waals surface area contributed by atoms with Gasteiger partial charge in [-0.15, -0.1) is 12.4 Å². The maximum absolute atomic E-state index is 14.4. The van der Waals surface area contributed by atoms with Crippen LogP contribution in [0.2, 0.25) is 10.0 Å². The average Bonchev–Trinajstić information content (AvgIpc) is 3.12. The highest BCUT2D eigenvalue weighted by atomic mass is 35.5. The van der Waals surface area contributed by atoms with Crippen molar-refractivity contribution in [3.63, 3.8) is 0 Å². The minimum absolute atomic E-state index is 0. The van der Waals surface area contributed by atoms with Gasteiger partial charge >= 0.3 is 0 Å². The van der Waals surface area contributed by atoms with Gasteiger partial charge in [0, 0.05) is 5.56 Å². The third kappa shape index (κ3) is 4.58. The topological polar surface area (TPSA) is 113 Å².